The molecule has 34 heavy (non-hydrogen) atoms. The van der Waals surface area contributed by atoms with E-state index in [-0.39, 0.29) is 28.6 Å². The number of hydrogen-bond acceptors (Lipinski definition) is 8. The topological polar surface area (TPSA) is 126 Å². The van der Waals surface area contributed by atoms with E-state index in [2.05, 4.69) is 20.3 Å². The predicted octanol–water partition coefficient (Wildman–Crippen LogP) is 2.09. The monoisotopic (exact) mass is 493 g/mol. The van der Waals surface area contributed by atoms with E-state index in [4.69, 9.17) is 4.74 Å². The highest BCUT2D eigenvalue weighted by Crippen LogP contribution is 2.37. The highest BCUT2D eigenvalue weighted by Gasteiger charge is 2.44. The number of nitrogens with zero attached hydrogens (tertiary/aromatic N) is 4. The minimum Gasteiger partial charge on any atom is -0.394 e. The number of rotatable bonds is 5. The number of alkyl halides is 6. The number of aliphatic hydroxyl groups is 3. The quantitative estimate of drug-likeness (QED) is 0.399. The minimum absolute atomic E-state index is 0.00136. The van der Waals surface area contributed by atoms with Gasteiger partial charge in [-0.25, -0.2) is 15.0 Å². The molecule has 184 valence electrons. The van der Waals surface area contributed by atoms with Gasteiger partial charge in [0.15, 0.2) is 23.2 Å². The average Bonchev–Trinajstić information content (AvgIpc) is 3.32. The third-order valence-electron chi connectivity index (χ3n) is 5.26. The van der Waals surface area contributed by atoms with Gasteiger partial charge in [-0.05, 0) is 23.8 Å². The Hall–Kier alpha value is -3.01. The second kappa shape index (κ2) is 8.65. The lowest BCUT2D eigenvalue weighted by molar-refractivity contribution is -0.143. The third kappa shape index (κ3) is 4.51. The second-order valence-electron chi connectivity index (χ2n) is 7.54. The number of aliphatic hydroxyl groups excluding tert-OH is 3. The van der Waals surface area contributed by atoms with Crippen LogP contribution in [0.3, 0.4) is 0 Å². The van der Waals surface area contributed by atoms with Crippen LogP contribution in [0.4, 0.5) is 32.2 Å². The molecule has 1 saturated heterocycles. The van der Waals surface area contributed by atoms with Crippen molar-refractivity contribution in [3.8, 4) is 0 Å². The van der Waals surface area contributed by atoms with Crippen LogP contribution >= 0.6 is 0 Å². The lowest BCUT2D eigenvalue weighted by atomic mass is 10.0. The normalized spacial score (nSPS) is 23.6. The standard InChI is InChI=1S/C19H17F6N5O4/c20-18(21,22)9-1-8(2-10(3-9)19(23,24)25)4-26-15-12-16(28-6-27-15)30(7-29-12)17-14(33)13(32)11(5-31)34-17/h1-3,6-7,11,13-14,17,31-33H,4-5H2,(H,26,27,28)/t11-,13-,14-,17-/m1/s1. The van der Waals surface area contributed by atoms with Crippen molar-refractivity contribution in [2.45, 2.75) is 43.4 Å². The van der Waals surface area contributed by atoms with E-state index in [1.165, 1.54) is 10.9 Å². The van der Waals surface area contributed by atoms with E-state index < -0.39 is 61.2 Å². The van der Waals surface area contributed by atoms with Crippen LogP contribution in [0.1, 0.15) is 22.9 Å². The molecule has 0 amide bonds. The number of fused-ring (bicyclic) bond motifs is 1. The Morgan fingerprint density at radius 1 is 0.941 bits per heavy atom. The summed E-state index contributed by atoms with van der Waals surface area (Å²) >= 11 is 0. The minimum atomic E-state index is -4.98. The Morgan fingerprint density at radius 3 is 2.15 bits per heavy atom. The van der Waals surface area contributed by atoms with Crippen LogP contribution in [0.5, 0.6) is 0 Å². The van der Waals surface area contributed by atoms with Crippen molar-refractivity contribution in [1.82, 2.24) is 19.5 Å². The molecular formula is C19H17F6N5O4. The predicted molar refractivity (Wildman–Crippen MR) is 102 cm³/mol. The molecule has 0 aliphatic carbocycles. The van der Waals surface area contributed by atoms with Gasteiger partial charge >= 0.3 is 12.4 Å². The van der Waals surface area contributed by atoms with E-state index in [0.717, 1.165) is 6.33 Å². The molecule has 3 aromatic rings. The fraction of sp³-hybridized carbons (Fsp3) is 0.421. The molecule has 0 saturated carbocycles. The van der Waals surface area contributed by atoms with Gasteiger partial charge in [-0.1, -0.05) is 0 Å². The lowest BCUT2D eigenvalue weighted by Crippen LogP contribution is -2.33. The molecule has 0 radical (unpaired) electrons. The maximum Gasteiger partial charge on any atom is 0.416 e. The summed E-state index contributed by atoms with van der Waals surface area (Å²) in [6, 6.07) is 1.23. The number of benzene rings is 1. The third-order valence-corrected chi connectivity index (χ3v) is 5.26. The van der Waals surface area contributed by atoms with E-state index in [9.17, 15) is 41.7 Å². The first-order chi connectivity index (χ1) is 15.9. The maximum absolute atomic E-state index is 13.1. The Morgan fingerprint density at radius 2 is 1.59 bits per heavy atom. The number of imidazole rings is 1. The summed E-state index contributed by atoms with van der Waals surface area (Å²) < 4.78 is 85.2. The van der Waals surface area contributed by atoms with Crippen molar-refractivity contribution in [1.29, 1.82) is 0 Å². The number of hydrogen-bond donors (Lipinski definition) is 4. The lowest BCUT2D eigenvalue weighted by Gasteiger charge is -2.16. The molecule has 2 aromatic heterocycles. The van der Waals surface area contributed by atoms with E-state index in [0.29, 0.717) is 12.1 Å². The van der Waals surface area contributed by atoms with Crippen molar-refractivity contribution in [2.24, 2.45) is 0 Å². The summed E-state index contributed by atoms with van der Waals surface area (Å²) in [5, 5.41) is 32.1. The molecule has 9 nitrogen and oxygen atoms in total. The van der Waals surface area contributed by atoms with Crippen molar-refractivity contribution < 1.29 is 46.4 Å². The molecular weight excluding hydrogens is 476 g/mol. The first-order valence-corrected chi connectivity index (χ1v) is 9.72. The van der Waals surface area contributed by atoms with Crippen LogP contribution in [0.25, 0.3) is 11.2 Å². The molecule has 1 aliphatic heterocycles. The number of anilines is 1. The van der Waals surface area contributed by atoms with Gasteiger partial charge in [-0.15, -0.1) is 0 Å². The Labute approximate surface area is 186 Å². The highest BCUT2D eigenvalue weighted by atomic mass is 19.4. The summed E-state index contributed by atoms with van der Waals surface area (Å²) in [7, 11) is 0. The Balaban J connectivity index is 1.62. The molecule has 15 heteroatoms. The van der Waals surface area contributed by atoms with Gasteiger partial charge in [0.2, 0.25) is 0 Å². The average molecular weight is 493 g/mol. The summed E-state index contributed by atoms with van der Waals surface area (Å²) in [4.78, 5) is 12.0. The van der Waals surface area contributed by atoms with Gasteiger partial charge in [-0.3, -0.25) is 4.57 Å². The van der Waals surface area contributed by atoms with Gasteiger partial charge in [-0.2, -0.15) is 26.3 Å². The molecule has 1 aliphatic rings. The number of nitrogens with one attached hydrogen (secondary N) is 1. The Kier molecular flexibility index (Phi) is 6.14. The van der Waals surface area contributed by atoms with Crippen LogP contribution in [-0.2, 0) is 23.6 Å². The van der Waals surface area contributed by atoms with Gasteiger partial charge in [0.25, 0.3) is 0 Å². The van der Waals surface area contributed by atoms with Crippen LogP contribution in [0.15, 0.2) is 30.9 Å². The van der Waals surface area contributed by atoms with Gasteiger partial charge < -0.3 is 25.4 Å². The van der Waals surface area contributed by atoms with Gasteiger partial charge in [0.1, 0.15) is 24.6 Å². The largest absolute Gasteiger partial charge is 0.416 e. The molecule has 3 heterocycles. The van der Waals surface area contributed by atoms with Crippen LogP contribution in [0.2, 0.25) is 0 Å². The summed E-state index contributed by atoms with van der Waals surface area (Å²) in [5.74, 6) is 0.00136. The molecule has 1 aromatic carbocycles. The van der Waals surface area contributed by atoms with E-state index in [1.54, 1.807) is 0 Å². The SMILES string of the molecule is OC[C@H]1O[C@@H](n2cnc3c(NCc4cc(C(F)(F)F)cc(C(F)(F)F)c4)ncnc32)[C@H](O)[C@@H]1O. The number of ether oxygens (including phenoxy) is 1. The number of aromatic nitrogens is 4. The van der Waals surface area contributed by atoms with E-state index >= 15 is 0 Å². The fourth-order valence-electron chi connectivity index (χ4n) is 3.58. The van der Waals surface area contributed by atoms with Crippen LogP contribution < -0.4 is 5.32 Å². The first-order valence-electron chi connectivity index (χ1n) is 9.72. The second-order valence-corrected chi connectivity index (χ2v) is 7.54. The van der Waals surface area contributed by atoms with Crippen molar-refractivity contribution in [3.05, 3.63) is 47.5 Å². The van der Waals surface area contributed by atoms with Crippen molar-refractivity contribution in [2.75, 3.05) is 11.9 Å². The molecule has 4 rings (SSSR count). The van der Waals surface area contributed by atoms with Gasteiger partial charge in [0.05, 0.1) is 24.1 Å². The zero-order valence-electron chi connectivity index (χ0n) is 16.9. The zero-order valence-corrected chi connectivity index (χ0v) is 16.9. The first kappa shape index (κ1) is 24.1. The highest BCUT2D eigenvalue weighted by molar-refractivity contribution is 5.82. The van der Waals surface area contributed by atoms with Crippen LogP contribution in [-0.4, -0.2) is 59.8 Å². The Bertz CT molecular complexity index is 1150. The zero-order chi connectivity index (χ0) is 24.8. The molecule has 4 atom stereocenters. The van der Waals surface area contributed by atoms with Crippen molar-refractivity contribution >= 4 is 17.0 Å². The molecule has 0 bridgehead atoms. The van der Waals surface area contributed by atoms with Gasteiger partial charge in [0, 0.05) is 6.54 Å². The smallest absolute Gasteiger partial charge is 0.394 e. The molecule has 0 spiro atoms. The van der Waals surface area contributed by atoms with E-state index in [1.807, 2.05) is 0 Å². The summed E-state index contributed by atoms with van der Waals surface area (Å²) in [6.45, 7) is -1.00. The van der Waals surface area contributed by atoms with Crippen LogP contribution in [0, 0.1) is 0 Å². The molecule has 4 N–H and O–H groups in total. The van der Waals surface area contributed by atoms with Crippen molar-refractivity contribution in [3.63, 3.8) is 0 Å². The molecule has 0 unspecified atom stereocenters. The maximum atomic E-state index is 13.1. The molecule has 1 fully saturated rings. The summed E-state index contributed by atoms with van der Waals surface area (Å²) in [5.41, 5.74) is -2.99. The number of halogens is 6. The fourth-order valence-corrected chi connectivity index (χ4v) is 3.58. The summed E-state index contributed by atoms with van der Waals surface area (Å²) in [6.07, 6.45) is -12.7.